The number of hydrogen-bond donors (Lipinski definition) is 1. The van der Waals surface area contributed by atoms with Crippen molar-refractivity contribution in [3.63, 3.8) is 0 Å². The summed E-state index contributed by atoms with van der Waals surface area (Å²) in [7, 11) is 0. The molecule has 0 radical (unpaired) electrons. The molecule has 13 heavy (non-hydrogen) atoms. The SMILES string of the molecule is Cc1cncc(C)c1C1CCCN1. The molecule has 0 spiro atoms. The molecule has 2 heterocycles. The third-order valence-corrected chi connectivity index (χ3v) is 2.79. The minimum Gasteiger partial charge on any atom is -0.310 e. The fraction of sp³-hybridized carbons (Fsp3) is 0.545. The van der Waals surface area contributed by atoms with Gasteiger partial charge >= 0.3 is 0 Å². The molecular formula is C11H16N2. The van der Waals surface area contributed by atoms with Crippen molar-refractivity contribution in [3.05, 3.63) is 29.1 Å². The monoisotopic (exact) mass is 176 g/mol. The topological polar surface area (TPSA) is 24.9 Å². The molecule has 1 N–H and O–H groups in total. The van der Waals surface area contributed by atoms with E-state index in [1.165, 1.54) is 29.5 Å². The predicted octanol–water partition coefficient (Wildman–Crippen LogP) is 2.12. The summed E-state index contributed by atoms with van der Waals surface area (Å²) in [6.45, 7) is 5.45. The first kappa shape index (κ1) is 8.70. The molecule has 1 atom stereocenters. The molecule has 1 unspecified atom stereocenters. The fourth-order valence-electron chi connectivity index (χ4n) is 2.19. The number of hydrogen-bond acceptors (Lipinski definition) is 2. The molecule has 1 saturated heterocycles. The normalized spacial score (nSPS) is 22.2. The number of aryl methyl sites for hydroxylation is 2. The molecule has 0 saturated carbocycles. The molecule has 0 bridgehead atoms. The van der Waals surface area contributed by atoms with Crippen molar-refractivity contribution in [1.29, 1.82) is 0 Å². The Morgan fingerprint density at radius 2 is 2.00 bits per heavy atom. The maximum atomic E-state index is 4.19. The van der Waals surface area contributed by atoms with E-state index in [1.54, 1.807) is 0 Å². The van der Waals surface area contributed by atoms with Gasteiger partial charge in [-0.25, -0.2) is 0 Å². The molecule has 1 fully saturated rings. The maximum Gasteiger partial charge on any atom is 0.0327 e. The minimum atomic E-state index is 0.572. The van der Waals surface area contributed by atoms with Gasteiger partial charge in [-0.2, -0.15) is 0 Å². The van der Waals surface area contributed by atoms with Crippen LogP contribution < -0.4 is 5.32 Å². The Bertz CT molecular complexity index is 281. The second kappa shape index (κ2) is 3.46. The maximum absolute atomic E-state index is 4.19. The van der Waals surface area contributed by atoms with Crippen molar-refractivity contribution in [2.24, 2.45) is 0 Å². The lowest BCUT2D eigenvalue weighted by atomic mass is 9.98. The first-order chi connectivity index (χ1) is 6.29. The Morgan fingerprint density at radius 1 is 1.31 bits per heavy atom. The number of pyridine rings is 1. The van der Waals surface area contributed by atoms with E-state index in [1.807, 2.05) is 12.4 Å². The highest BCUT2D eigenvalue weighted by Crippen LogP contribution is 2.27. The van der Waals surface area contributed by atoms with Gasteiger partial charge in [0.15, 0.2) is 0 Å². The second-order valence-corrected chi connectivity index (χ2v) is 3.84. The smallest absolute Gasteiger partial charge is 0.0327 e. The van der Waals surface area contributed by atoms with Crippen molar-refractivity contribution >= 4 is 0 Å². The van der Waals surface area contributed by atoms with Gasteiger partial charge in [-0.3, -0.25) is 4.98 Å². The van der Waals surface area contributed by atoms with Crippen LogP contribution >= 0.6 is 0 Å². The van der Waals surface area contributed by atoms with E-state index in [0.29, 0.717) is 6.04 Å². The molecule has 1 aromatic rings. The molecular weight excluding hydrogens is 160 g/mol. The Morgan fingerprint density at radius 3 is 2.54 bits per heavy atom. The lowest BCUT2D eigenvalue weighted by Gasteiger charge is -2.15. The average molecular weight is 176 g/mol. The van der Waals surface area contributed by atoms with Gasteiger partial charge in [0.25, 0.3) is 0 Å². The van der Waals surface area contributed by atoms with Gasteiger partial charge in [-0.05, 0) is 49.9 Å². The Kier molecular flexibility index (Phi) is 2.32. The highest BCUT2D eigenvalue weighted by molar-refractivity contribution is 5.33. The summed E-state index contributed by atoms with van der Waals surface area (Å²) in [5.41, 5.74) is 4.10. The van der Waals surface area contributed by atoms with Crippen LogP contribution in [0.4, 0.5) is 0 Å². The highest BCUT2D eigenvalue weighted by Gasteiger charge is 2.19. The molecule has 70 valence electrons. The fourth-order valence-corrected chi connectivity index (χ4v) is 2.19. The van der Waals surface area contributed by atoms with Crippen molar-refractivity contribution in [1.82, 2.24) is 10.3 Å². The number of nitrogens with zero attached hydrogens (tertiary/aromatic N) is 1. The van der Waals surface area contributed by atoms with E-state index in [4.69, 9.17) is 0 Å². The molecule has 1 aliphatic heterocycles. The van der Waals surface area contributed by atoms with Gasteiger partial charge in [0.2, 0.25) is 0 Å². The number of aromatic nitrogens is 1. The number of nitrogens with one attached hydrogen (secondary N) is 1. The van der Waals surface area contributed by atoms with E-state index >= 15 is 0 Å². The van der Waals surface area contributed by atoms with Gasteiger partial charge in [0, 0.05) is 18.4 Å². The highest BCUT2D eigenvalue weighted by atomic mass is 14.9. The molecule has 2 rings (SSSR count). The first-order valence-corrected chi connectivity index (χ1v) is 4.93. The summed E-state index contributed by atoms with van der Waals surface area (Å²) in [4.78, 5) is 4.19. The number of rotatable bonds is 1. The third-order valence-electron chi connectivity index (χ3n) is 2.79. The molecule has 1 aliphatic rings. The van der Waals surface area contributed by atoms with E-state index < -0.39 is 0 Å². The van der Waals surface area contributed by atoms with Crippen molar-refractivity contribution in [3.8, 4) is 0 Å². The van der Waals surface area contributed by atoms with Crippen molar-refractivity contribution in [2.45, 2.75) is 32.7 Å². The van der Waals surface area contributed by atoms with Crippen LogP contribution in [0.5, 0.6) is 0 Å². The quantitative estimate of drug-likeness (QED) is 0.709. The molecule has 2 nitrogen and oxygen atoms in total. The van der Waals surface area contributed by atoms with Crippen LogP contribution in [-0.4, -0.2) is 11.5 Å². The minimum absolute atomic E-state index is 0.572. The summed E-state index contributed by atoms with van der Waals surface area (Å²) in [5.74, 6) is 0. The zero-order valence-electron chi connectivity index (χ0n) is 8.30. The second-order valence-electron chi connectivity index (χ2n) is 3.84. The molecule has 0 aliphatic carbocycles. The average Bonchev–Trinajstić information content (AvgIpc) is 2.57. The Balaban J connectivity index is 2.37. The summed E-state index contributed by atoms with van der Waals surface area (Å²) in [6.07, 6.45) is 6.49. The van der Waals surface area contributed by atoms with Crippen LogP contribution in [0.25, 0.3) is 0 Å². The first-order valence-electron chi connectivity index (χ1n) is 4.93. The van der Waals surface area contributed by atoms with Gasteiger partial charge in [0.05, 0.1) is 0 Å². The Hall–Kier alpha value is -0.890. The van der Waals surface area contributed by atoms with E-state index in [2.05, 4.69) is 24.1 Å². The van der Waals surface area contributed by atoms with Crippen LogP contribution in [0, 0.1) is 13.8 Å². The van der Waals surface area contributed by atoms with Crippen LogP contribution in [0.1, 0.15) is 35.6 Å². The zero-order chi connectivity index (χ0) is 9.26. The summed E-state index contributed by atoms with van der Waals surface area (Å²) in [6, 6.07) is 0.572. The molecule has 2 heteroatoms. The Labute approximate surface area is 79.4 Å². The lowest BCUT2D eigenvalue weighted by molar-refractivity contribution is 0.638. The van der Waals surface area contributed by atoms with Gasteiger partial charge in [0.1, 0.15) is 0 Å². The van der Waals surface area contributed by atoms with Crippen LogP contribution in [0.15, 0.2) is 12.4 Å². The van der Waals surface area contributed by atoms with Crippen molar-refractivity contribution < 1.29 is 0 Å². The van der Waals surface area contributed by atoms with E-state index in [9.17, 15) is 0 Å². The van der Waals surface area contributed by atoms with Gasteiger partial charge in [-0.1, -0.05) is 0 Å². The molecule has 0 amide bonds. The van der Waals surface area contributed by atoms with Crippen LogP contribution in [0.2, 0.25) is 0 Å². The zero-order valence-corrected chi connectivity index (χ0v) is 8.30. The summed E-state index contributed by atoms with van der Waals surface area (Å²) in [5, 5.41) is 3.53. The van der Waals surface area contributed by atoms with Gasteiger partial charge in [-0.15, -0.1) is 0 Å². The molecule has 1 aromatic heterocycles. The standard InChI is InChI=1S/C11H16N2/c1-8-6-12-7-9(2)11(8)10-4-3-5-13-10/h6-7,10,13H,3-5H2,1-2H3. The molecule has 0 aromatic carbocycles. The predicted molar refractivity (Wildman–Crippen MR) is 53.7 cm³/mol. The van der Waals surface area contributed by atoms with E-state index in [0.717, 1.165) is 6.54 Å². The largest absolute Gasteiger partial charge is 0.310 e. The summed E-state index contributed by atoms with van der Waals surface area (Å²) < 4.78 is 0. The summed E-state index contributed by atoms with van der Waals surface area (Å²) >= 11 is 0. The third kappa shape index (κ3) is 1.59. The van der Waals surface area contributed by atoms with Crippen LogP contribution in [0.3, 0.4) is 0 Å². The lowest BCUT2D eigenvalue weighted by Crippen LogP contribution is -2.15. The van der Waals surface area contributed by atoms with Crippen LogP contribution in [-0.2, 0) is 0 Å². The van der Waals surface area contributed by atoms with Gasteiger partial charge < -0.3 is 5.32 Å². The van der Waals surface area contributed by atoms with Crippen molar-refractivity contribution in [2.75, 3.05) is 6.54 Å². The van der Waals surface area contributed by atoms with E-state index in [-0.39, 0.29) is 0 Å².